The molecule has 2 amide bonds. The standard InChI is InChI=1S/C19H18N4O/c24-19(22-17(11-13-20-22)15-7-3-1-4-8-15)23-18(12-14-21-23)16-9-5-2-6-10-16/h1-10,13-14,17-18H,11-12H2. The highest BCUT2D eigenvalue weighted by Crippen LogP contribution is 2.34. The maximum absolute atomic E-state index is 13.0. The minimum Gasteiger partial charge on any atom is -0.244 e. The Labute approximate surface area is 140 Å². The highest BCUT2D eigenvalue weighted by molar-refractivity contribution is 5.81. The van der Waals surface area contributed by atoms with Crippen molar-refractivity contribution in [2.45, 2.75) is 24.9 Å². The summed E-state index contributed by atoms with van der Waals surface area (Å²) in [6.45, 7) is 0. The van der Waals surface area contributed by atoms with E-state index in [1.165, 1.54) is 0 Å². The number of urea groups is 1. The SMILES string of the molecule is O=C(N1N=CCC1c1ccccc1)N1N=CCC1c1ccccc1. The molecule has 5 heteroatoms. The summed E-state index contributed by atoms with van der Waals surface area (Å²) in [4.78, 5) is 13.0. The van der Waals surface area contributed by atoms with E-state index in [1.807, 2.05) is 60.7 Å². The number of hydrogen-bond acceptors (Lipinski definition) is 3. The second-order valence-electron chi connectivity index (χ2n) is 5.89. The zero-order chi connectivity index (χ0) is 16.4. The van der Waals surface area contributed by atoms with E-state index in [4.69, 9.17) is 0 Å². The molecule has 5 nitrogen and oxygen atoms in total. The Morgan fingerprint density at radius 1 is 0.750 bits per heavy atom. The largest absolute Gasteiger partial charge is 0.361 e. The number of hydrazone groups is 2. The van der Waals surface area contributed by atoms with Crippen molar-refractivity contribution in [2.75, 3.05) is 0 Å². The van der Waals surface area contributed by atoms with Gasteiger partial charge in [-0.25, -0.2) is 14.8 Å². The Morgan fingerprint density at radius 2 is 1.17 bits per heavy atom. The van der Waals surface area contributed by atoms with Crippen LogP contribution in [0.5, 0.6) is 0 Å². The van der Waals surface area contributed by atoms with Gasteiger partial charge in [0, 0.05) is 25.3 Å². The first kappa shape index (κ1) is 14.6. The summed E-state index contributed by atoms with van der Waals surface area (Å²) in [6, 6.07) is 19.7. The molecule has 2 aliphatic rings. The zero-order valence-electron chi connectivity index (χ0n) is 13.2. The van der Waals surface area contributed by atoms with E-state index in [0.717, 1.165) is 24.0 Å². The van der Waals surface area contributed by atoms with Crippen molar-refractivity contribution in [3.63, 3.8) is 0 Å². The van der Waals surface area contributed by atoms with Crippen LogP contribution in [0, 0.1) is 0 Å². The molecule has 120 valence electrons. The van der Waals surface area contributed by atoms with Gasteiger partial charge in [-0.15, -0.1) is 0 Å². The first-order valence-electron chi connectivity index (χ1n) is 8.12. The second kappa shape index (κ2) is 6.28. The molecule has 2 atom stereocenters. The summed E-state index contributed by atoms with van der Waals surface area (Å²) in [5.74, 6) is 0. The molecule has 2 unspecified atom stereocenters. The zero-order valence-corrected chi connectivity index (χ0v) is 13.2. The molecule has 0 radical (unpaired) electrons. The molecule has 0 spiro atoms. The summed E-state index contributed by atoms with van der Waals surface area (Å²) < 4.78 is 0. The van der Waals surface area contributed by atoms with Crippen LogP contribution in [0.2, 0.25) is 0 Å². The van der Waals surface area contributed by atoms with Gasteiger partial charge in [-0.3, -0.25) is 0 Å². The van der Waals surface area contributed by atoms with Crippen LogP contribution in [-0.2, 0) is 0 Å². The van der Waals surface area contributed by atoms with E-state index in [-0.39, 0.29) is 18.1 Å². The van der Waals surface area contributed by atoms with Crippen LogP contribution in [-0.4, -0.2) is 28.5 Å². The van der Waals surface area contributed by atoms with E-state index in [9.17, 15) is 4.79 Å². The molecular weight excluding hydrogens is 300 g/mol. The average Bonchev–Trinajstić information content (AvgIpc) is 3.32. The Balaban J connectivity index is 1.58. The van der Waals surface area contributed by atoms with Gasteiger partial charge in [0.1, 0.15) is 0 Å². The van der Waals surface area contributed by atoms with Crippen molar-refractivity contribution in [1.29, 1.82) is 0 Å². The van der Waals surface area contributed by atoms with Gasteiger partial charge in [0.05, 0.1) is 12.1 Å². The average molecular weight is 318 g/mol. The maximum atomic E-state index is 13.0. The molecule has 0 fully saturated rings. The van der Waals surface area contributed by atoms with E-state index in [1.54, 1.807) is 22.4 Å². The topological polar surface area (TPSA) is 48.3 Å². The third-order valence-electron chi connectivity index (χ3n) is 4.42. The number of carbonyl (C=O) groups is 1. The Hall–Kier alpha value is -2.95. The molecule has 2 aromatic rings. The van der Waals surface area contributed by atoms with Gasteiger partial charge in [0.2, 0.25) is 0 Å². The lowest BCUT2D eigenvalue weighted by molar-refractivity contribution is 0.132. The third-order valence-corrected chi connectivity index (χ3v) is 4.42. The van der Waals surface area contributed by atoms with Crippen LogP contribution in [0.4, 0.5) is 4.79 Å². The van der Waals surface area contributed by atoms with E-state index in [2.05, 4.69) is 10.2 Å². The van der Waals surface area contributed by atoms with Gasteiger partial charge in [-0.1, -0.05) is 60.7 Å². The van der Waals surface area contributed by atoms with Crippen molar-refractivity contribution in [1.82, 2.24) is 10.0 Å². The minimum atomic E-state index is -0.180. The van der Waals surface area contributed by atoms with Crippen molar-refractivity contribution < 1.29 is 4.79 Å². The van der Waals surface area contributed by atoms with Crippen LogP contribution >= 0.6 is 0 Å². The lowest BCUT2D eigenvalue weighted by Crippen LogP contribution is -2.38. The number of hydrogen-bond donors (Lipinski definition) is 0. The molecule has 24 heavy (non-hydrogen) atoms. The molecule has 0 N–H and O–H groups in total. The normalized spacial score (nSPS) is 22.3. The molecule has 0 aliphatic carbocycles. The van der Waals surface area contributed by atoms with Crippen molar-refractivity contribution in [2.24, 2.45) is 10.2 Å². The molecule has 0 saturated heterocycles. The van der Waals surface area contributed by atoms with Gasteiger partial charge < -0.3 is 0 Å². The fraction of sp³-hybridized carbons (Fsp3) is 0.211. The van der Waals surface area contributed by atoms with Crippen molar-refractivity contribution in [3.8, 4) is 0 Å². The third kappa shape index (κ3) is 2.58. The number of rotatable bonds is 2. The maximum Gasteiger partial charge on any atom is 0.361 e. The van der Waals surface area contributed by atoms with E-state index < -0.39 is 0 Å². The van der Waals surface area contributed by atoms with Gasteiger partial charge in [0.15, 0.2) is 0 Å². The fourth-order valence-electron chi connectivity index (χ4n) is 3.21. The monoisotopic (exact) mass is 318 g/mol. The first-order valence-corrected chi connectivity index (χ1v) is 8.12. The van der Waals surface area contributed by atoms with Gasteiger partial charge in [0.25, 0.3) is 0 Å². The minimum absolute atomic E-state index is 0.0640. The predicted octanol–water partition coefficient (Wildman–Crippen LogP) is 3.97. The predicted molar refractivity (Wildman–Crippen MR) is 93.7 cm³/mol. The molecule has 2 heterocycles. The lowest BCUT2D eigenvalue weighted by Gasteiger charge is -2.29. The summed E-state index contributed by atoms with van der Waals surface area (Å²) in [7, 11) is 0. The summed E-state index contributed by atoms with van der Waals surface area (Å²) in [5.41, 5.74) is 2.17. The Bertz CT molecular complexity index is 707. The summed E-state index contributed by atoms with van der Waals surface area (Å²) >= 11 is 0. The second-order valence-corrected chi connectivity index (χ2v) is 5.89. The molecule has 2 aromatic carbocycles. The number of nitrogens with zero attached hydrogens (tertiary/aromatic N) is 4. The quantitative estimate of drug-likeness (QED) is 0.826. The number of benzene rings is 2. The molecule has 0 saturated carbocycles. The van der Waals surface area contributed by atoms with Crippen LogP contribution < -0.4 is 0 Å². The van der Waals surface area contributed by atoms with Crippen LogP contribution in [0.3, 0.4) is 0 Å². The smallest absolute Gasteiger partial charge is 0.244 e. The van der Waals surface area contributed by atoms with Crippen LogP contribution in [0.1, 0.15) is 36.1 Å². The van der Waals surface area contributed by atoms with E-state index in [0.29, 0.717) is 0 Å². The Morgan fingerprint density at radius 3 is 1.58 bits per heavy atom. The van der Waals surface area contributed by atoms with Crippen LogP contribution in [0.25, 0.3) is 0 Å². The van der Waals surface area contributed by atoms with Crippen molar-refractivity contribution in [3.05, 3.63) is 71.8 Å². The summed E-state index contributed by atoms with van der Waals surface area (Å²) in [6.07, 6.45) is 5.05. The number of amides is 2. The summed E-state index contributed by atoms with van der Waals surface area (Å²) in [5, 5.41) is 11.7. The highest BCUT2D eigenvalue weighted by Gasteiger charge is 2.36. The first-order chi connectivity index (χ1) is 11.8. The highest BCUT2D eigenvalue weighted by atomic mass is 16.2. The van der Waals surface area contributed by atoms with Gasteiger partial charge in [-0.05, 0) is 11.1 Å². The fourth-order valence-corrected chi connectivity index (χ4v) is 3.21. The molecule has 4 rings (SSSR count). The van der Waals surface area contributed by atoms with Gasteiger partial charge in [-0.2, -0.15) is 10.2 Å². The van der Waals surface area contributed by atoms with E-state index >= 15 is 0 Å². The molecule has 2 aliphatic heterocycles. The Kier molecular flexibility index (Phi) is 3.83. The molecule has 0 aromatic heterocycles. The van der Waals surface area contributed by atoms with Gasteiger partial charge >= 0.3 is 6.03 Å². The lowest BCUT2D eigenvalue weighted by atomic mass is 10.0. The van der Waals surface area contributed by atoms with Crippen LogP contribution in [0.15, 0.2) is 70.9 Å². The molecule has 0 bridgehead atoms. The number of carbonyl (C=O) groups excluding carboxylic acids is 1. The molecular formula is C19H18N4O. The van der Waals surface area contributed by atoms with Crippen molar-refractivity contribution >= 4 is 18.5 Å².